The Balaban J connectivity index is 1.50. The van der Waals surface area contributed by atoms with Crippen LogP contribution in [-0.2, 0) is 0 Å². The molecule has 1 saturated heterocycles. The molecule has 3 heterocycles. The summed E-state index contributed by atoms with van der Waals surface area (Å²) in [4.78, 5) is 29.2. The van der Waals surface area contributed by atoms with Crippen molar-refractivity contribution >= 4 is 22.8 Å². The van der Waals surface area contributed by atoms with E-state index in [2.05, 4.69) is 19.9 Å². The molecule has 1 aromatic carbocycles. The van der Waals surface area contributed by atoms with Gasteiger partial charge in [-0.25, -0.2) is 9.97 Å². The Morgan fingerprint density at radius 3 is 2.82 bits per heavy atom. The number of piperidine rings is 1. The lowest BCUT2D eigenvalue weighted by Gasteiger charge is -2.37. The van der Waals surface area contributed by atoms with E-state index in [1.165, 1.54) is 0 Å². The molecule has 1 fully saturated rings. The number of carbonyl (C=O) groups is 1. The van der Waals surface area contributed by atoms with E-state index in [0.29, 0.717) is 18.2 Å². The molecule has 3 aromatic rings. The summed E-state index contributed by atoms with van der Waals surface area (Å²) < 4.78 is 5.27. The predicted octanol–water partition coefficient (Wildman–Crippen LogP) is 3.02. The second kappa shape index (κ2) is 7.50. The summed E-state index contributed by atoms with van der Waals surface area (Å²) in [5.41, 5.74) is 2.55. The number of amides is 1. The Morgan fingerprint density at radius 1 is 1.29 bits per heavy atom. The van der Waals surface area contributed by atoms with Gasteiger partial charge in [-0.2, -0.15) is 0 Å². The van der Waals surface area contributed by atoms with Crippen molar-refractivity contribution in [1.29, 1.82) is 0 Å². The van der Waals surface area contributed by atoms with Crippen LogP contribution in [-0.4, -0.2) is 59.0 Å². The average Bonchev–Trinajstić information content (AvgIpc) is 3.16. The number of nitrogens with zero attached hydrogens (tertiary/aromatic N) is 4. The number of hydrogen-bond donors (Lipinski definition) is 1. The number of fused-ring (bicyclic) bond motifs is 1. The molecule has 1 amide bonds. The summed E-state index contributed by atoms with van der Waals surface area (Å²) in [5, 5.41) is 1.00. The smallest absolute Gasteiger partial charge is 0.270 e. The van der Waals surface area contributed by atoms with Crippen molar-refractivity contribution in [2.45, 2.75) is 25.8 Å². The Morgan fingerprint density at radius 2 is 2.07 bits per heavy atom. The van der Waals surface area contributed by atoms with Gasteiger partial charge >= 0.3 is 0 Å². The first-order valence-electron chi connectivity index (χ1n) is 9.52. The monoisotopic (exact) mass is 379 g/mol. The van der Waals surface area contributed by atoms with Gasteiger partial charge in [0.15, 0.2) is 0 Å². The number of likely N-dealkylation sites (tertiary alicyclic amines) is 1. The molecule has 1 aliphatic heterocycles. The summed E-state index contributed by atoms with van der Waals surface area (Å²) in [6, 6.07) is 7.88. The molecule has 7 heteroatoms. The maximum absolute atomic E-state index is 13.1. The van der Waals surface area contributed by atoms with Crippen LogP contribution in [0.4, 0.5) is 5.95 Å². The fraction of sp³-hybridized carbons (Fsp3) is 0.381. The number of aromatic amines is 1. The molecule has 0 bridgehead atoms. The minimum atomic E-state index is 0.0260. The summed E-state index contributed by atoms with van der Waals surface area (Å²) in [5.74, 6) is 1.49. The first kappa shape index (κ1) is 18.3. The number of H-pyrrole nitrogens is 1. The molecule has 0 spiro atoms. The van der Waals surface area contributed by atoms with E-state index in [0.717, 1.165) is 41.6 Å². The minimum Gasteiger partial charge on any atom is -0.497 e. The number of carbonyl (C=O) groups excluding carboxylic acids is 1. The van der Waals surface area contributed by atoms with Gasteiger partial charge in [0.1, 0.15) is 11.4 Å². The predicted molar refractivity (Wildman–Crippen MR) is 109 cm³/mol. The van der Waals surface area contributed by atoms with Gasteiger partial charge in [0.05, 0.1) is 7.11 Å². The molecule has 0 saturated carbocycles. The quantitative estimate of drug-likeness (QED) is 0.754. The number of ether oxygens (including phenoxy) is 1. The molecule has 4 rings (SSSR count). The standard InChI is InChI=1S/C21H25N5O2/c1-14-11-22-21(23-12-14)25(2)16-5-4-8-26(13-16)20(27)19-9-15-6-7-17(28-3)10-18(15)24-19/h6-7,9-12,16,24H,4-5,8,13H2,1-3H3. The molecule has 1 N–H and O–H groups in total. The van der Waals surface area contributed by atoms with Crippen molar-refractivity contribution in [1.82, 2.24) is 19.9 Å². The Bertz CT molecular complexity index is 982. The van der Waals surface area contributed by atoms with E-state index in [1.54, 1.807) is 7.11 Å². The van der Waals surface area contributed by atoms with Crippen molar-refractivity contribution < 1.29 is 9.53 Å². The van der Waals surface area contributed by atoms with Crippen LogP contribution >= 0.6 is 0 Å². The van der Waals surface area contributed by atoms with E-state index >= 15 is 0 Å². The number of benzene rings is 1. The van der Waals surface area contributed by atoms with Gasteiger partial charge < -0.3 is 19.5 Å². The maximum atomic E-state index is 13.1. The van der Waals surface area contributed by atoms with Gasteiger partial charge in [-0.05, 0) is 43.5 Å². The van der Waals surface area contributed by atoms with Gasteiger partial charge in [-0.15, -0.1) is 0 Å². The number of aromatic nitrogens is 3. The van der Waals surface area contributed by atoms with Crippen molar-refractivity contribution in [2.75, 3.05) is 32.1 Å². The maximum Gasteiger partial charge on any atom is 0.270 e. The molecular formula is C21H25N5O2. The van der Waals surface area contributed by atoms with Crippen LogP contribution in [0, 0.1) is 6.92 Å². The second-order valence-electron chi connectivity index (χ2n) is 7.35. The number of nitrogens with one attached hydrogen (secondary N) is 1. The Labute approximate surface area is 164 Å². The van der Waals surface area contributed by atoms with Crippen molar-refractivity contribution in [2.24, 2.45) is 0 Å². The second-order valence-corrected chi connectivity index (χ2v) is 7.35. The van der Waals surface area contributed by atoms with Gasteiger partial charge in [-0.1, -0.05) is 0 Å². The number of methoxy groups -OCH3 is 1. The Kier molecular flexibility index (Phi) is 4.90. The average molecular weight is 379 g/mol. The van der Waals surface area contributed by atoms with Crippen LogP contribution in [0.25, 0.3) is 10.9 Å². The fourth-order valence-corrected chi connectivity index (χ4v) is 3.71. The molecule has 1 unspecified atom stereocenters. The first-order valence-corrected chi connectivity index (χ1v) is 9.52. The van der Waals surface area contributed by atoms with E-state index in [-0.39, 0.29) is 11.9 Å². The number of hydrogen-bond acceptors (Lipinski definition) is 5. The van der Waals surface area contributed by atoms with Crippen molar-refractivity contribution in [3.05, 3.63) is 47.9 Å². The molecule has 1 atom stereocenters. The topological polar surface area (TPSA) is 74.3 Å². The van der Waals surface area contributed by atoms with Gasteiger partial charge in [-0.3, -0.25) is 4.79 Å². The zero-order valence-corrected chi connectivity index (χ0v) is 16.5. The molecule has 1 aliphatic rings. The van der Waals surface area contributed by atoms with Crippen LogP contribution in [0.1, 0.15) is 28.9 Å². The summed E-state index contributed by atoms with van der Waals surface area (Å²) in [6.07, 6.45) is 5.62. The van der Waals surface area contributed by atoms with Crippen molar-refractivity contribution in [3.63, 3.8) is 0 Å². The van der Waals surface area contributed by atoms with E-state index < -0.39 is 0 Å². The van der Waals surface area contributed by atoms with Gasteiger partial charge in [0, 0.05) is 55.5 Å². The lowest BCUT2D eigenvalue weighted by atomic mass is 10.0. The number of likely N-dealkylation sites (N-methyl/N-ethyl adjacent to an activating group) is 1. The SMILES string of the molecule is COc1ccc2cc(C(=O)N3CCCC(N(C)c4ncc(C)cn4)C3)[nH]c2c1. The third-order valence-corrected chi connectivity index (χ3v) is 5.37. The van der Waals surface area contributed by atoms with Gasteiger partial charge in [0.2, 0.25) is 5.95 Å². The lowest BCUT2D eigenvalue weighted by Crippen LogP contribution is -2.49. The van der Waals surface area contributed by atoms with Crippen LogP contribution in [0.5, 0.6) is 5.75 Å². The van der Waals surface area contributed by atoms with Crippen LogP contribution in [0.3, 0.4) is 0 Å². The van der Waals surface area contributed by atoms with Crippen LogP contribution < -0.4 is 9.64 Å². The third kappa shape index (κ3) is 3.52. The molecular weight excluding hydrogens is 354 g/mol. The van der Waals surface area contributed by atoms with E-state index in [4.69, 9.17) is 4.74 Å². The largest absolute Gasteiger partial charge is 0.497 e. The molecule has 146 valence electrons. The molecule has 0 aliphatic carbocycles. The zero-order valence-electron chi connectivity index (χ0n) is 16.5. The van der Waals surface area contributed by atoms with E-state index in [9.17, 15) is 4.79 Å². The van der Waals surface area contributed by atoms with E-state index in [1.807, 2.05) is 55.5 Å². The summed E-state index contributed by atoms with van der Waals surface area (Å²) >= 11 is 0. The fourth-order valence-electron chi connectivity index (χ4n) is 3.71. The van der Waals surface area contributed by atoms with Crippen molar-refractivity contribution in [3.8, 4) is 5.75 Å². The zero-order chi connectivity index (χ0) is 19.7. The number of aryl methyl sites for hydroxylation is 1. The highest BCUT2D eigenvalue weighted by molar-refractivity contribution is 5.98. The molecule has 0 radical (unpaired) electrons. The summed E-state index contributed by atoms with van der Waals surface area (Å²) in [6.45, 7) is 3.39. The highest BCUT2D eigenvalue weighted by Gasteiger charge is 2.28. The molecule has 7 nitrogen and oxygen atoms in total. The minimum absolute atomic E-state index is 0.0260. The normalized spacial score (nSPS) is 17.0. The Hall–Kier alpha value is -3.09. The molecule has 2 aromatic heterocycles. The van der Waals surface area contributed by atoms with Gasteiger partial charge in [0.25, 0.3) is 5.91 Å². The highest BCUT2D eigenvalue weighted by Crippen LogP contribution is 2.24. The number of anilines is 1. The lowest BCUT2D eigenvalue weighted by molar-refractivity contribution is 0.0702. The summed E-state index contributed by atoms with van der Waals surface area (Å²) in [7, 11) is 3.64. The number of rotatable bonds is 4. The molecule has 28 heavy (non-hydrogen) atoms. The van der Waals surface area contributed by atoms with Crippen LogP contribution in [0.15, 0.2) is 36.7 Å². The first-order chi connectivity index (χ1) is 13.5. The highest BCUT2D eigenvalue weighted by atomic mass is 16.5. The third-order valence-electron chi connectivity index (χ3n) is 5.37. The van der Waals surface area contributed by atoms with Crippen LogP contribution in [0.2, 0.25) is 0 Å².